The van der Waals surface area contributed by atoms with Crippen LogP contribution in [0, 0.1) is 5.92 Å². The number of carboxylic acid groups (broad SMARTS) is 1. The van der Waals surface area contributed by atoms with E-state index in [1.54, 1.807) is 0 Å². The van der Waals surface area contributed by atoms with E-state index in [0.717, 1.165) is 38.8 Å². The van der Waals surface area contributed by atoms with Crippen LogP contribution in [0.15, 0.2) is 0 Å². The van der Waals surface area contributed by atoms with E-state index in [0.29, 0.717) is 0 Å². The molecule has 0 aliphatic heterocycles. The molecule has 1 unspecified atom stereocenters. The standard InChI is InChI=1S/C15H30N2O3/c1-5-7-9-17(10-8-6-2)13(18)11-16-14(12(3)4)15(19)20/h12,14,16H,5-11H2,1-4H3,(H,19,20). The maximum absolute atomic E-state index is 12.2. The topological polar surface area (TPSA) is 69.6 Å². The summed E-state index contributed by atoms with van der Waals surface area (Å²) in [5.41, 5.74) is 0. The first-order chi connectivity index (χ1) is 9.43. The Morgan fingerprint density at radius 1 is 1.10 bits per heavy atom. The molecule has 0 radical (unpaired) electrons. The predicted octanol–water partition coefficient (Wildman–Crippen LogP) is 2.11. The van der Waals surface area contributed by atoms with Crippen molar-refractivity contribution in [3.63, 3.8) is 0 Å². The van der Waals surface area contributed by atoms with E-state index < -0.39 is 12.0 Å². The average molecular weight is 286 g/mol. The van der Waals surface area contributed by atoms with Crippen LogP contribution in [-0.2, 0) is 9.59 Å². The molecular formula is C15H30N2O3. The van der Waals surface area contributed by atoms with Crippen molar-refractivity contribution in [2.24, 2.45) is 5.92 Å². The number of carbonyl (C=O) groups is 2. The number of carboxylic acids is 1. The lowest BCUT2D eigenvalue weighted by Gasteiger charge is -2.24. The number of amides is 1. The van der Waals surface area contributed by atoms with Crippen LogP contribution in [0.3, 0.4) is 0 Å². The lowest BCUT2D eigenvalue weighted by molar-refractivity contribution is -0.141. The minimum Gasteiger partial charge on any atom is -0.480 e. The Labute approximate surface area is 122 Å². The first-order valence-corrected chi connectivity index (χ1v) is 7.67. The molecule has 0 aliphatic rings. The number of rotatable bonds is 11. The Bertz CT molecular complexity index is 285. The van der Waals surface area contributed by atoms with Crippen molar-refractivity contribution in [2.75, 3.05) is 19.6 Å². The lowest BCUT2D eigenvalue weighted by atomic mass is 10.1. The molecule has 0 aromatic rings. The smallest absolute Gasteiger partial charge is 0.320 e. The van der Waals surface area contributed by atoms with Gasteiger partial charge < -0.3 is 10.0 Å². The largest absolute Gasteiger partial charge is 0.480 e. The third-order valence-corrected chi connectivity index (χ3v) is 3.32. The molecule has 5 nitrogen and oxygen atoms in total. The van der Waals surface area contributed by atoms with Gasteiger partial charge in [-0.1, -0.05) is 40.5 Å². The molecule has 0 aromatic heterocycles. The Balaban J connectivity index is 4.38. The van der Waals surface area contributed by atoms with Crippen LogP contribution in [0.1, 0.15) is 53.4 Å². The number of carbonyl (C=O) groups excluding carboxylic acids is 1. The van der Waals surface area contributed by atoms with Gasteiger partial charge in [-0.2, -0.15) is 0 Å². The summed E-state index contributed by atoms with van der Waals surface area (Å²) in [5, 5.41) is 12.0. The van der Waals surface area contributed by atoms with Crippen LogP contribution in [-0.4, -0.2) is 47.6 Å². The van der Waals surface area contributed by atoms with Gasteiger partial charge >= 0.3 is 5.97 Å². The Kier molecular flexibility index (Phi) is 10.1. The second-order valence-electron chi connectivity index (χ2n) is 5.53. The van der Waals surface area contributed by atoms with Gasteiger partial charge in [-0.15, -0.1) is 0 Å². The third kappa shape index (κ3) is 7.48. The van der Waals surface area contributed by atoms with Crippen LogP contribution in [0.2, 0.25) is 0 Å². The fourth-order valence-electron chi connectivity index (χ4n) is 1.98. The zero-order valence-electron chi connectivity index (χ0n) is 13.3. The molecule has 0 fully saturated rings. The predicted molar refractivity (Wildman–Crippen MR) is 80.7 cm³/mol. The summed E-state index contributed by atoms with van der Waals surface area (Å²) >= 11 is 0. The van der Waals surface area contributed by atoms with E-state index in [1.165, 1.54) is 0 Å². The average Bonchev–Trinajstić information content (AvgIpc) is 2.38. The van der Waals surface area contributed by atoms with Crippen molar-refractivity contribution in [3.8, 4) is 0 Å². The minimum atomic E-state index is -0.901. The normalized spacial score (nSPS) is 12.4. The maximum Gasteiger partial charge on any atom is 0.320 e. The summed E-state index contributed by atoms with van der Waals surface area (Å²) in [6.45, 7) is 9.49. The van der Waals surface area contributed by atoms with E-state index in [1.807, 2.05) is 18.7 Å². The van der Waals surface area contributed by atoms with Crippen LogP contribution >= 0.6 is 0 Å². The second kappa shape index (κ2) is 10.7. The highest BCUT2D eigenvalue weighted by molar-refractivity contribution is 5.80. The number of unbranched alkanes of at least 4 members (excludes halogenated alkanes) is 2. The van der Waals surface area contributed by atoms with E-state index in [-0.39, 0.29) is 18.4 Å². The molecule has 1 amide bonds. The first kappa shape index (κ1) is 18.9. The van der Waals surface area contributed by atoms with E-state index in [9.17, 15) is 9.59 Å². The van der Waals surface area contributed by atoms with Crippen molar-refractivity contribution < 1.29 is 14.7 Å². The molecule has 2 N–H and O–H groups in total. The maximum atomic E-state index is 12.2. The molecule has 5 heteroatoms. The molecule has 0 saturated heterocycles. The summed E-state index contributed by atoms with van der Waals surface area (Å²) < 4.78 is 0. The number of hydrogen-bond acceptors (Lipinski definition) is 3. The second-order valence-corrected chi connectivity index (χ2v) is 5.53. The molecule has 0 rings (SSSR count). The molecule has 0 spiro atoms. The Morgan fingerprint density at radius 2 is 1.60 bits per heavy atom. The van der Waals surface area contributed by atoms with Gasteiger partial charge in [0, 0.05) is 13.1 Å². The van der Waals surface area contributed by atoms with Crippen molar-refractivity contribution in [1.29, 1.82) is 0 Å². The summed E-state index contributed by atoms with van der Waals surface area (Å²) in [6, 6.07) is -0.668. The fourth-order valence-corrected chi connectivity index (χ4v) is 1.98. The molecule has 0 aromatic carbocycles. The molecule has 20 heavy (non-hydrogen) atoms. The molecule has 118 valence electrons. The summed E-state index contributed by atoms with van der Waals surface area (Å²) in [5.74, 6) is -0.944. The highest BCUT2D eigenvalue weighted by Gasteiger charge is 2.22. The molecule has 0 heterocycles. The molecular weight excluding hydrogens is 256 g/mol. The van der Waals surface area contributed by atoms with Gasteiger partial charge in [0.05, 0.1) is 6.54 Å². The Hall–Kier alpha value is -1.10. The molecule has 1 atom stereocenters. The van der Waals surface area contributed by atoms with Gasteiger partial charge in [-0.25, -0.2) is 0 Å². The van der Waals surface area contributed by atoms with E-state index in [2.05, 4.69) is 19.2 Å². The summed E-state index contributed by atoms with van der Waals surface area (Å²) in [4.78, 5) is 25.1. The van der Waals surface area contributed by atoms with Crippen LogP contribution in [0.25, 0.3) is 0 Å². The number of aliphatic carboxylic acids is 1. The van der Waals surface area contributed by atoms with Crippen LogP contribution in [0.5, 0.6) is 0 Å². The summed E-state index contributed by atoms with van der Waals surface area (Å²) in [6.07, 6.45) is 4.07. The zero-order chi connectivity index (χ0) is 15.5. The number of nitrogens with one attached hydrogen (secondary N) is 1. The minimum absolute atomic E-state index is 0.00111. The van der Waals surface area contributed by atoms with Gasteiger partial charge in [0.2, 0.25) is 5.91 Å². The van der Waals surface area contributed by atoms with E-state index in [4.69, 9.17) is 5.11 Å². The van der Waals surface area contributed by atoms with Crippen LogP contribution < -0.4 is 5.32 Å². The van der Waals surface area contributed by atoms with Gasteiger partial charge in [-0.3, -0.25) is 14.9 Å². The first-order valence-electron chi connectivity index (χ1n) is 7.67. The van der Waals surface area contributed by atoms with Gasteiger partial charge in [0.15, 0.2) is 0 Å². The van der Waals surface area contributed by atoms with Gasteiger partial charge in [0.1, 0.15) is 6.04 Å². The highest BCUT2D eigenvalue weighted by atomic mass is 16.4. The zero-order valence-corrected chi connectivity index (χ0v) is 13.3. The van der Waals surface area contributed by atoms with Crippen molar-refractivity contribution in [1.82, 2.24) is 10.2 Å². The van der Waals surface area contributed by atoms with Gasteiger partial charge in [0.25, 0.3) is 0 Å². The van der Waals surface area contributed by atoms with Crippen LogP contribution in [0.4, 0.5) is 0 Å². The van der Waals surface area contributed by atoms with Crippen molar-refractivity contribution in [3.05, 3.63) is 0 Å². The summed E-state index contributed by atoms with van der Waals surface area (Å²) in [7, 11) is 0. The number of hydrogen-bond donors (Lipinski definition) is 2. The fraction of sp³-hybridized carbons (Fsp3) is 0.867. The number of nitrogens with zero attached hydrogens (tertiary/aromatic N) is 1. The highest BCUT2D eigenvalue weighted by Crippen LogP contribution is 2.03. The SMILES string of the molecule is CCCCN(CCCC)C(=O)CNC(C(=O)O)C(C)C. The Morgan fingerprint density at radius 3 is 1.95 bits per heavy atom. The molecule has 0 aliphatic carbocycles. The molecule has 0 saturated carbocycles. The molecule has 0 bridgehead atoms. The van der Waals surface area contributed by atoms with E-state index >= 15 is 0 Å². The quantitative estimate of drug-likeness (QED) is 0.610. The van der Waals surface area contributed by atoms with Gasteiger partial charge in [-0.05, 0) is 18.8 Å². The van der Waals surface area contributed by atoms with Crippen molar-refractivity contribution in [2.45, 2.75) is 59.4 Å². The third-order valence-electron chi connectivity index (χ3n) is 3.32. The monoisotopic (exact) mass is 286 g/mol. The lowest BCUT2D eigenvalue weighted by Crippen LogP contribution is -2.47. The van der Waals surface area contributed by atoms with Crippen molar-refractivity contribution >= 4 is 11.9 Å².